The largest absolute Gasteiger partial charge is 0.492 e. The van der Waals surface area contributed by atoms with Gasteiger partial charge in [-0.1, -0.05) is 0 Å². The number of ketones is 1. The maximum atomic E-state index is 13.0. The molecule has 4 rings (SSSR count). The maximum Gasteiger partial charge on any atom is 0.231 e. The minimum atomic E-state index is -0.787. The zero-order valence-corrected chi connectivity index (χ0v) is 18.3. The van der Waals surface area contributed by atoms with E-state index in [-0.39, 0.29) is 29.4 Å². The lowest BCUT2D eigenvalue weighted by Crippen LogP contribution is -2.28. The van der Waals surface area contributed by atoms with Gasteiger partial charge in [0.05, 0.1) is 20.1 Å². The molecule has 31 heavy (non-hydrogen) atoms. The number of halogens is 1. The fourth-order valence-corrected chi connectivity index (χ4v) is 4.64. The highest BCUT2D eigenvalue weighted by atomic mass is 35.5. The van der Waals surface area contributed by atoms with Crippen molar-refractivity contribution in [1.82, 2.24) is 0 Å². The number of nitrogens with zero attached hydrogens (tertiary/aromatic N) is 1. The number of ether oxygens (including phenoxy) is 5. The van der Waals surface area contributed by atoms with E-state index in [0.29, 0.717) is 71.1 Å². The smallest absolute Gasteiger partial charge is 0.231 e. The third-order valence-corrected chi connectivity index (χ3v) is 5.81. The van der Waals surface area contributed by atoms with Crippen LogP contribution in [0.2, 0.25) is 0 Å². The molecule has 8 nitrogen and oxygen atoms in total. The molecule has 9 heteroatoms. The van der Waals surface area contributed by atoms with Crippen LogP contribution in [0.5, 0.6) is 23.0 Å². The number of fused-ring (bicyclic) bond motifs is 1. The highest BCUT2D eigenvalue weighted by Crippen LogP contribution is 2.57. The summed E-state index contributed by atoms with van der Waals surface area (Å²) in [5.41, 5.74) is 7.91. The zero-order valence-electron chi connectivity index (χ0n) is 17.5. The van der Waals surface area contributed by atoms with Crippen molar-refractivity contribution in [3.8, 4) is 29.1 Å². The number of hydrogen-bond acceptors (Lipinski definition) is 8. The summed E-state index contributed by atoms with van der Waals surface area (Å²) >= 11 is 6.39. The third-order valence-electron chi connectivity index (χ3n) is 5.66. The van der Waals surface area contributed by atoms with E-state index in [1.165, 1.54) is 14.2 Å². The van der Waals surface area contributed by atoms with Crippen LogP contribution in [0.4, 0.5) is 0 Å². The van der Waals surface area contributed by atoms with E-state index in [4.69, 9.17) is 41.0 Å². The molecule has 0 bridgehead atoms. The predicted octanol–water partition coefficient (Wildman–Crippen LogP) is 3.42. The molecule has 2 heterocycles. The van der Waals surface area contributed by atoms with Gasteiger partial charge < -0.3 is 29.4 Å². The molecule has 0 aromatic heterocycles. The van der Waals surface area contributed by atoms with Crippen molar-refractivity contribution in [2.75, 3.05) is 21.0 Å². The standard InChI is InChI=1S/C22H23ClN2O6/c1-10(23)7-11-16(19(28-3)21-20(18(11)27-2)29-9-30-21)15-12(8-24)22(25)31-14-6-4-5-13(26)17(14)15/h10,15H,4-7,9,25H2,1-3H3/t10-,15+/m1/s1. The highest BCUT2D eigenvalue weighted by Gasteiger charge is 2.43. The van der Waals surface area contributed by atoms with Gasteiger partial charge in [0.15, 0.2) is 17.3 Å². The summed E-state index contributed by atoms with van der Waals surface area (Å²) in [4.78, 5) is 13.0. The second-order valence-electron chi connectivity index (χ2n) is 7.55. The number of methoxy groups -OCH3 is 2. The van der Waals surface area contributed by atoms with E-state index in [1.54, 1.807) is 0 Å². The van der Waals surface area contributed by atoms with Crippen molar-refractivity contribution < 1.29 is 28.5 Å². The molecule has 0 radical (unpaired) electrons. The van der Waals surface area contributed by atoms with Crippen LogP contribution in [-0.4, -0.2) is 32.2 Å². The molecule has 2 N–H and O–H groups in total. The van der Waals surface area contributed by atoms with E-state index < -0.39 is 5.92 Å². The summed E-state index contributed by atoms with van der Waals surface area (Å²) in [6, 6.07) is 2.13. The lowest BCUT2D eigenvalue weighted by Gasteiger charge is -2.33. The Balaban J connectivity index is 2.10. The first-order valence-corrected chi connectivity index (χ1v) is 10.4. The van der Waals surface area contributed by atoms with Crippen LogP contribution in [0.15, 0.2) is 22.8 Å². The van der Waals surface area contributed by atoms with Crippen LogP contribution in [0.3, 0.4) is 0 Å². The lowest BCUT2D eigenvalue weighted by atomic mass is 9.75. The predicted molar refractivity (Wildman–Crippen MR) is 111 cm³/mol. The number of nitriles is 1. The van der Waals surface area contributed by atoms with Gasteiger partial charge in [-0.3, -0.25) is 4.79 Å². The van der Waals surface area contributed by atoms with Gasteiger partial charge in [-0.2, -0.15) is 5.26 Å². The summed E-state index contributed by atoms with van der Waals surface area (Å²) in [7, 11) is 3.02. The normalized spacial score (nSPS) is 20.7. The number of nitrogens with two attached hydrogens (primary N) is 1. The fraction of sp³-hybridized carbons (Fsp3) is 0.455. The van der Waals surface area contributed by atoms with Crippen LogP contribution in [0.1, 0.15) is 43.2 Å². The number of carbonyl (C=O) groups excluding carboxylic acids is 1. The van der Waals surface area contributed by atoms with E-state index in [1.807, 2.05) is 6.92 Å². The van der Waals surface area contributed by atoms with Crippen LogP contribution < -0.4 is 24.7 Å². The third kappa shape index (κ3) is 3.33. The molecule has 0 fully saturated rings. The van der Waals surface area contributed by atoms with Crippen LogP contribution in [0.25, 0.3) is 0 Å². The molecule has 1 aliphatic carbocycles. The van der Waals surface area contributed by atoms with Crippen LogP contribution >= 0.6 is 11.6 Å². The summed E-state index contributed by atoms with van der Waals surface area (Å²) in [6.07, 6.45) is 1.96. The van der Waals surface area contributed by atoms with E-state index in [2.05, 4.69) is 6.07 Å². The molecule has 3 aliphatic rings. The Morgan fingerprint density at radius 3 is 2.52 bits per heavy atom. The van der Waals surface area contributed by atoms with Crippen LogP contribution in [0, 0.1) is 11.3 Å². The summed E-state index contributed by atoms with van der Waals surface area (Å²) in [5, 5.41) is 9.69. The number of Topliss-reactive ketones (excluding diaryl/α,β-unsaturated/α-hetero) is 1. The summed E-state index contributed by atoms with van der Waals surface area (Å²) < 4.78 is 28.5. The van der Waals surface area contributed by atoms with Gasteiger partial charge in [-0.15, -0.1) is 11.6 Å². The van der Waals surface area contributed by atoms with E-state index >= 15 is 0 Å². The molecule has 1 aromatic carbocycles. The first-order chi connectivity index (χ1) is 14.9. The Kier molecular flexibility index (Phi) is 5.63. The Hall–Kier alpha value is -3.05. The van der Waals surface area contributed by atoms with Crippen molar-refractivity contribution in [3.05, 3.63) is 33.9 Å². The number of hydrogen-bond donors (Lipinski definition) is 1. The highest BCUT2D eigenvalue weighted by molar-refractivity contribution is 6.20. The average molecular weight is 447 g/mol. The number of benzene rings is 1. The first-order valence-electron chi connectivity index (χ1n) is 9.97. The van der Waals surface area contributed by atoms with Crippen molar-refractivity contribution in [1.29, 1.82) is 5.26 Å². The zero-order chi connectivity index (χ0) is 22.3. The van der Waals surface area contributed by atoms with Gasteiger partial charge in [0.25, 0.3) is 0 Å². The monoisotopic (exact) mass is 446 g/mol. The maximum absolute atomic E-state index is 13.0. The van der Waals surface area contributed by atoms with Gasteiger partial charge in [0.1, 0.15) is 17.4 Å². The Bertz CT molecular complexity index is 1050. The summed E-state index contributed by atoms with van der Waals surface area (Å²) in [6.45, 7) is 1.84. The van der Waals surface area contributed by atoms with Gasteiger partial charge in [-0.05, 0) is 19.8 Å². The van der Waals surface area contributed by atoms with E-state index in [0.717, 1.165) is 0 Å². The fourth-order valence-electron chi connectivity index (χ4n) is 4.49. The SMILES string of the molecule is COc1c(C[C@@H](C)Cl)c([C@@H]2C(C#N)=C(N)OC3=C2C(=O)CCC3)c(OC)c2c1OCO2. The quantitative estimate of drug-likeness (QED) is 0.684. The number of carbonyl (C=O) groups is 1. The molecule has 164 valence electrons. The van der Waals surface area contributed by atoms with Gasteiger partial charge in [-0.25, -0.2) is 0 Å². The second-order valence-corrected chi connectivity index (χ2v) is 8.29. The summed E-state index contributed by atoms with van der Waals surface area (Å²) in [5.74, 6) is 1.14. The minimum absolute atomic E-state index is 0.00881. The molecule has 0 saturated heterocycles. The minimum Gasteiger partial charge on any atom is -0.492 e. The molecular weight excluding hydrogens is 424 g/mol. The molecular formula is C22H23ClN2O6. The van der Waals surface area contributed by atoms with Gasteiger partial charge in [0.2, 0.25) is 24.2 Å². The van der Waals surface area contributed by atoms with Crippen molar-refractivity contribution in [2.45, 2.75) is 43.9 Å². The molecule has 0 unspecified atom stereocenters. The topological polar surface area (TPSA) is 113 Å². The van der Waals surface area contributed by atoms with E-state index in [9.17, 15) is 10.1 Å². The Morgan fingerprint density at radius 2 is 1.90 bits per heavy atom. The Morgan fingerprint density at radius 1 is 1.23 bits per heavy atom. The molecule has 2 aliphatic heterocycles. The average Bonchev–Trinajstić information content (AvgIpc) is 3.21. The first kappa shape index (κ1) is 21.2. The van der Waals surface area contributed by atoms with Crippen LogP contribution in [-0.2, 0) is 16.0 Å². The van der Waals surface area contributed by atoms with Crippen molar-refractivity contribution in [2.24, 2.45) is 5.73 Å². The van der Waals surface area contributed by atoms with Crippen molar-refractivity contribution in [3.63, 3.8) is 0 Å². The Labute approximate surface area is 185 Å². The number of allylic oxidation sites excluding steroid dienone is 3. The molecule has 2 atom stereocenters. The molecule has 1 aromatic rings. The van der Waals surface area contributed by atoms with Crippen molar-refractivity contribution >= 4 is 17.4 Å². The van der Waals surface area contributed by atoms with Gasteiger partial charge >= 0.3 is 0 Å². The second kappa shape index (κ2) is 8.23. The molecule has 0 spiro atoms. The molecule has 0 saturated carbocycles. The van der Waals surface area contributed by atoms with Gasteiger partial charge in [0, 0.05) is 34.9 Å². The number of alkyl halides is 1. The molecule has 0 amide bonds. The number of rotatable bonds is 5. The lowest BCUT2D eigenvalue weighted by molar-refractivity contribution is -0.116.